The minimum Gasteiger partial charge on any atom is -0.0963 e. The van der Waals surface area contributed by atoms with Gasteiger partial charge in [-0.1, -0.05) is 120 Å². The first-order valence-electron chi connectivity index (χ1n) is 12.6. The van der Waals surface area contributed by atoms with Gasteiger partial charge in [0.05, 0.1) is 5.41 Å². The van der Waals surface area contributed by atoms with Crippen molar-refractivity contribution in [3.05, 3.63) is 106 Å². The molecule has 168 valence electrons. The van der Waals surface area contributed by atoms with Crippen LogP contribution >= 0.6 is 0 Å². The van der Waals surface area contributed by atoms with Crippen LogP contribution in [0.5, 0.6) is 0 Å². The first-order chi connectivity index (χ1) is 16.0. The van der Waals surface area contributed by atoms with Crippen LogP contribution in [-0.4, -0.2) is 7.85 Å². The van der Waals surface area contributed by atoms with Gasteiger partial charge in [-0.15, -0.1) is 0 Å². The topological polar surface area (TPSA) is 0 Å². The molecule has 1 spiro atoms. The van der Waals surface area contributed by atoms with E-state index in [-0.39, 0.29) is 16.2 Å². The monoisotopic (exact) mass is 440 g/mol. The van der Waals surface area contributed by atoms with Crippen molar-refractivity contribution in [2.45, 2.75) is 64.2 Å². The Hall–Kier alpha value is -2.80. The highest BCUT2D eigenvalue weighted by Gasteiger charge is 2.56. The molecular formula is C33H33B. The molecule has 0 N–H and O–H groups in total. The minimum absolute atomic E-state index is 0.0872. The lowest BCUT2D eigenvalue weighted by Crippen LogP contribution is -2.34. The standard InChI is InChI=1S/C33H33B/c1-31(2,3)20-11-14-24-25-15-12-21(32(4,5)6)18-29(25)33(28(24)17-20)27-10-8-7-9-23(27)26-16-13-22(34)19-30(26)33/h7-9,11-19,27H,10H2,1-6H3. The zero-order valence-corrected chi connectivity index (χ0v) is 21.3. The molecule has 3 aromatic carbocycles. The summed E-state index contributed by atoms with van der Waals surface area (Å²) in [5.41, 5.74) is 13.5. The van der Waals surface area contributed by atoms with E-state index in [2.05, 4.69) is 114 Å². The molecule has 3 aromatic rings. The third-order valence-electron chi connectivity index (χ3n) is 8.37. The van der Waals surface area contributed by atoms with E-state index in [0.29, 0.717) is 5.92 Å². The van der Waals surface area contributed by atoms with Crippen LogP contribution in [0.4, 0.5) is 0 Å². The predicted molar refractivity (Wildman–Crippen MR) is 146 cm³/mol. The summed E-state index contributed by atoms with van der Waals surface area (Å²) in [6.07, 6.45) is 7.97. The third-order valence-corrected chi connectivity index (χ3v) is 8.37. The Bertz CT molecular complexity index is 1340. The second-order valence-corrected chi connectivity index (χ2v) is 12.5. The molecule has 0 amide bonds. The first-order valence-corrected chi connectivity index (χ1v) is 12.6. The molecule has 1 heteroatoms. The maximum absolute atomic E-state index is 6.47. The lowest BCUT2D eigenvalue weighted by Gasteiger charge is -2.37. The fourth-order valence-corrected chi connectivity index (χ4v) is 6.60. The fourth-order valence-electron chi connectivity index (χ4n) is 6.60. The average Bonchev–Trinajstić information content (AvgIpc) is 3.24. The number of fused-ring (bicyclic) bond motifs is 10. The number of hydrogen-bond acceptors (Lipinski definition) is 0. The highest BCUT2D eigenvalue weighted by atomic mass is 14.6. The number of rotatable bonds is 0. The quantitative estimate of drug-likeness (QED) is 0.320. The second-order valence-electron chi connectivity index (χ2n) is 12.5. The maximum Gasteiger partial charge on any atom is 0.113 e. The molecule has 34 heavy (non-hydrogen) atoms. The molecule has 0 heterocycles. The average molecular weight is 440 g/mol. The SMILES string of the molecule is [B]c1ccc2c(c1)C1(c3cc(C(C)(C)C)ccc3-c3ccc(C(C)(C)C)cc31)C1CC=CC=C21. The van der Waals surface area contributed by atoms with E-state index < -0.39 is 0 Å². The summed E-state index contributed by atoms with van der Waals surface area (Å²) in [5.74, 6) is 0.375. The Labute approximate surface area is 206 Å². The molecule has 1 unspecified atom stereocenters. The predicted octanol–water partition coefficient (Wildman–Crippen LogP) is 7.36. The Morgan fingerprint density at radius 3 is 1.79 bits per heavy atom. The second kappa shape index (κ2) is 6.88. The van der Waals surface area contributed by atoms with E-state index >= 15 is 0 Å². The molecule has 3 aliphatic carbocycles. The van der Waals surface area contributed by atoms with Gasteiger partial charge >= 0.3 is 0 Å². The highest BCUT2D eigenvalue weighted by molar-refractivity contribution is 6.32. The van der Waals surface area contributed by atoms with Crippen molar-refractivity contribution in [2.24, 2.45) is 5.92 Å². The zero-order valence-electron chi connectivity index (χ0n) is 21.3. The Morgan fingerprint density at radius 2 is 1.24 bits per heavy atom. The lowest BCUT2D eigenvalue weighted by molar-refractivity contribution is 0.490. The van der Waals surface area contributed by atoms with Crippen molar-refractivity contribution in [2.75, 3.05) is 0 Å². The lowest BCUT2D eigenvalue weighted by atomic mass is 9.64. The smallest absolute Gasteiger partial charge is 0.0963 e. The van der Waals surface area contributed by atoms with Gasteiger partial charge in [-0.3, -0.25) is 0 Å². The minimum atomic E-state index is -0.214. The summed E-state index contributed by atoms with van der Waals surface area (Å²) in [6, 6.07) is 21.1. The van der Waals surface area contributed by atoms with Gasteiger partial charge < -0.3 is 0 Å². The summed E-state index contributed by atoms with van der Waals surface area (Å²) >= 11 is 0. The van der Waals surface area contributed by atoms with Crippen molar-refractivity contribution in [1.82, 2.24) is 0 Å². The highest BCUT2D eigenvalue weighted by Crippen LogP contribution is 2.65. The number of benzene rings is 3. The van der Waals surface area contributed by atoms with E-state index in [0.717, 1.165) is 11.9 Å². The van der Waals surface area contributed by atoms with Crippen LogP contribution in [0.3, 0.4) is 0 Å². The molecule has 1 atom stereocenters. The van der Waals surface area contributed by atoms with Crippen molar-refractivity contribution in [1.29, 1.82) is 0 Å². The fraction of sp³-hybridized carbons (Fsp3) is 0.333. The molecule has 3 aliphatic rings. The summed E-state index contributed by atoms with van der Waals surface area (Å²) < 4.78 is 0. The summed E-state index contributed by atoms with van der Waals surface area (Å²) in [6.45, 7) is 13.9. The third kappa shape index (κ3) is 2.79. The molecule has 0 saturated carbocycles. The molecular weight excluding hydrogens is 407 g/mol. The van der Waals surface area contributed by atoms with Gasteiger partial charge in [-0.25, -0.2) is 0 Å². The molecule has 0 aliphatic heterocycles. The maximum atomic E-state index is 6.47. The van der Waals surface area contributed by atoms with Crippen molar-refractivity contribution in [3.63, 3.8) is 0 Å². The molecule has 0 nitrogen and oxygen atoms in total. The molecule has 0 bridgehead atoms. The molecule has 0 aromatic heterocycles. The van der Waals surface area contributed by atoms with Crippen LogP contribution in [-0.2, 0) is 16.2 Å². The summed E-state index contributed by atoms with van der Waals surface area (Å²) in [7, 11) is 6.47. The number of hydrogen-bond donors (Lipinski definition) is 0. The van der Waals surface area contributed by atoms with Crippen molar-refractivity contribution in [3.8, 4) is 11.1 Å². The Morgan fingerprint density at radius 1 is 0.706 bits per heavy atom. The Kier molecular flexibility index (Phi) is 4.39. The van der Waals surface area contributed by atoms with E-state index in [1.807, 2.05) is 0 Å². The van der Waals surface area contributed by atoms with Crippen LogP contribution in [0.2, 0.25) is 0 Å². The number of allylic oxidation sites excluding steroid dienone is 4. The van der Waals surface area contributed by atoms with Crippen LogP contribution < -0.4 is 5.46 Å². The van der Waals surface area contributed by atoms with Gasteiger partial charge in [0, 0.05) is 5.92 Å². The van der Waals surface area contributed by atoms with Crippen LogP contribution in [0, 0.1) is 5.92 Å². The molecule has 2 radical (unpaired) electrons. The normalized spacial score (nSPS) is 19.5. The van der Waals surface area contributed by atoms with Crippen LogP contribution in [0.1, 0.15) is 81.3 Å². The van der Waals surface area contributed by atoms with Gasteiger partial charge in [0.1, 0.15) is 7.85 Å². The van der Waals surface area contributed by atoms with Crippen LogP contribution in [0.15, 0.2) is 72.8 Å². The Balaban J connectivity index is 1.77. The van der Waals surface area contributed by atoms with E-state index in [9.17, 15) is 0 Å². The largest absolute Gasteiger partial charge is 0.113 e. The van der Waals surface area contributed by atoms with Gasteiger partial charge in [0.25, 0.3) is 0 Å². The van der Waals surface area contributed by atoms with E-state index in [1.165, 1.54) is 50.1 Å². The van der Waals surface area contributed by atoms with Gasteiger partial charge in [-0.05, 0) is 67.3 Å². The van der Waals surface area contributed by atoms with Crippen LogP contribution in [0.25, 0.3) is 16.7 Å². The van der Waals surface area contributed by atoms with Gasteiger partial charge in [-0.2, -0.15) is 0 Å². The van der Waals surface area contributed by atoms with E-state index in [4.69, 9.17) is 7.85 Å². The van der Waals surface area contributed by atoms with Crippen molar-refractivity contribution >= 4 is 18.9 Å². The van der Waals surface area contributed by atoms with Crippen molar-refractivity contribution < 1.29 is 0 Å². The first kappa shape index (κ1) is 21.7. The summed E-state index contributed by atoms with van der Waals surface area (Å²) in [5, 5.41) is 0. The zero-order chi connectivity index (χ0) is 24.0. The summed E-state index contributed by atoms with van der Waals surface area (Å²) in [4.78, 5) is 0. The van der Waals surface area contributed by atoms with Gasteiger partial charge in [0.15, 0.2) is 0 Å². The van der Waals surface area contributed by atoms with Gasteiger partial charge in [0.2, 0.25) is 0 Å². The molecule has 0 saturated heterocycles. The molecule has 6 rings (SSSR count). The molecule has 0 fully saturated rings. The van der Waals surface area contributed by atoms with E-state index in [1.54, 1.807) is 0 Å².